The highest BCUT2D eigenvalue weighted by molar-refractivity contribution is 9.10. The van der Waals surface area contributed by atoms with E-state index in [9.17, 15) is 9.59 Å². The molecule has 29 heavy (non-hydrogen) atoms. The molecular weight excluding hydrogens is 434 g/mol. The molecule has 0 radical (unpaired) electrons. The monoisotopic (exact) mass is 459 g/mol. The molecule has 1 aliphatic carbocycles. The number of aryl methyl sites for hydroxylation is 1. The van der Waals surface area contributed by atoms with Crippen LogP contribution in [0.15, 0.2) is 38.3 Å². The zero-order valence-electron chi connectivity index (χ0n) is 17.0. The number of benzene rings is 1. The molecule has 3 rings (SSSR count). The molecule has 0 fully saturated rings. The highest BCUT2D eigenvalue weighted by Gasteiger charge is 2.28. The van der Waals surface area contributed by atoms with Crippen molar-refractivity contribution in [3.8, 4) is 0 Å². The van der Waals surface area contributed by atoms with Crippen LogP contribution in [0.4, 0.5) is 0 Å². The molecule has 0 atom stereocenters. The molecule has 1 aromatic heterocycles. The van der Waals surface area contributed by atoms with E-state index in [-0.39, 0.29) is 11.8 Å². The Balaban J connectivity index is 1.78. The number of furan rings is 1. The molecule has 0 saturated carbocycles. The standard InChI is InChI=1S/C22H26BrN3O3/c1-13(2)11-12-24-22(28)20-14(3)19-17(9-6-10-18(19)29-20)25-26-21(27)15-7-4-5-8-16(15)23/h4-5,7-8,13H,6,9-12H2,1-3H3,(H,24,28)(H,26,27)/b25-17+. The molecule has 1 heterocycles. The molecule has 2 amide bonds. The van der Waals surface area contributed by atoms with Gasteiger partial charge in [0, 0.05) is 28.6 Å². The van der Waals surface area contributed by atoms with E-state index in [1.807, 2.05) is 19.1 Å². The van der Waals surface area contributed by atoms with Crippen LogP contribution in [-0.4, -0.2) is 24.1 Å². The van der Waals surface area contributed by atoms with Gasteiger partial charge >= 0.3 is 0 Å². The van der Waals surface area contributed by atoms with Crippen molar-refractivity contribution in [2.45, 2.75) is 46.5 Å². The molecule has 0 bridgehead atoms. The number of hydrogen-bond donors (Lipinski definition) is 2. The van der Waals surface area contributed by atoms with Crippen molar-refractivity contribution in [1.82, 2.24) is 10.7 Å². The van der Waals surface area contributed by atoms with Gasteiger partial charge in [0.1, 0.15) is 5.76 Å². The lowest BCUT2D eigenvalue weighted by Crippen LogP contribution is -2.25. The number of halogens is 1. The minimum Gasteiger partial charge on any atom is -0.455 e. The number of nitrogens with zero attached hydrogens (tertiary/aromatic N) is 1. The van der Waals surface area contributed by atoms with Gasteiger partial charge in [-0.2, -0.15) is 5.10 Å². The van der Waals surface area contributed by atoms with Gasteiger partial charge in [-0.05, 0) is 60.2 Å². The Morgan fingerprint density at radius 3 is 2.69 bits per heavy atom. The summed E-state index contributed by atoms with van der Waals surface area (Å²) in [4.78, 5) is 25.0. The van der Waals surface area contributed by atoms with Gasteiger partial charge in [-0.25, -0.2) is 5.43 Å². The summed E-state index contributed by atoms with van der Waals surface area (Å²) in [5.41, 5.74) is 5.52. The van der Waals surface area contributed by atoms with Crippen molar-refractivity contribution in [1.29, 1.82) is 0 Å². The lowest BCUT2D eigenvalue weighted by molar-refractivity contribution is 0.0920. The number of carbonyl (C=O) groups excluding carboxylic acids is 2. The summed E-state index contributed by atoms with van der Waals surface area (Å²) in [6.45, 7) is 6.72. The van der Waals surface area contributed by atoms with E-state index in [2.05, 4.69) is 45.6 Å². The second-order valence-electron chi connectivity index (χ2n) is 7.63. The van der Waals surface area contributed by atoms with Crippen LogP contribution in [0.25, 0.3) is 0 Å². The van der Waals surface area contributed by atoms with Crippen molar-refractivity contribution in [2.24, 2.45) is 11.0 Å². The number of hydrazone groups is 1. The molecular formula is C22H26BrN3O3. The lowest BCUT2D eigenvalue weighted by Gasteiger charge is -2.13. The van der Waals surface area contributed by atoms with E-state index in [4.69, 9.17) is 4.42 Å². The first-order chi connectivity index (χ1) is 13.9. The maximum Gasteiger partial charge on any atom is 0.287 e. The molecule has 2 N–H and O–H groups in total. The van der Waals surface area contributed by atoms with E-state index in [1.54, 1.807) is 12.1 Å². The summed E-state index contributed by atoms with van der Waals surface area (Å²) in [5.74, 6) is 1.13. The van der Waals surface area contributed by atoms with Crippen molar-refractivity contribution in [3.05, 3.63) is 56.9 Å². The predicted octanol–water partition coefficient (Wildman–Crippen LogP) is 4.60. The van der Waals surface area contributed by atoms with Gasteiger partial charge in [-0.15, -0.1) is 0 Å². The first-order valence-electron chi connectivity index (χ1n) is 9.90. The average molecular weight is 460 g/mol. The maximum absolute atomic E-state index is 12.5. The molecule has 6 nitrogen and oxygen atoms in total. The third kappa shape index (κ3) is 4.96. The predicted molar refractivity (Wildman–Crippen MR) is 116 cm³/mol. The van der Waals surface area contributed by atoms with E-state index in [0.29, 0.717) is 28.3 Å². The third-order valence-electron chi connectivity index (χ3n) is 4.95. The smallest absolute Gasteiger partial charge is 0.287 e. The molecule has 0 saturated heterocycles. The van der Waals surface area contributed by atoms with Gasteiger partial charge in [-0.1, -0.05) is 26.0 Å². The summed E-state index contributed by atoms with van der Waals surface area (Å²) < 4.78 is 6.59. The van der Waals surface area contributed by atoms with Crippen molar-refractivity contribution < 1.29 is 14.0 Å². The summed E-state index contributed by atoms with van der Waals surface area (Å²) in [7, 11) is 0. The van der Waals surface area contributed by atoms with Gasteiger partial charge in [0.2, 0.25) is 0 Å². The van der Waals surface area contributed by atoms with E-state index < -0.39 is 0 Å². The van der Waals surface area contributed by atoms with Crippen LogP contribution in [0.2, 0.25) is 0 Å². The van der Waals surface area contributed by atoms with Gasteiger partial charge in [0.05, 0.1) is 11.3 Å². The fourth-order valence-corrected chi connectivity index (χ4v) is 3.84. The summed E-state index contributed by atoms with van der Waals surface area (Å²) >= 11 is 3.38. The molecule has 0 unspecified atom stereocenters. The van der Waals surface area contributed by atoms with E-state index in [1.165, 1.54) is 0 Å². The fourth-order valence-electron chi connectivity index (χ4n) is 3.38. The Kier molecular flexibility index (Phi) is 6.90. The highest BCUT2D eigenvalue weighted by atomic mass is 79.9. The van der Waals surface area contributed by atoms with Crippen molar-refractivity contribution in [3.63, 3.8) is 0 Å². The summed E-state index contributed by atoms with van der Waals surface area (Å²) in [5, 5.41) is 7.29. The minimum atomic E-state index is -0.287. The molecule has 0 spiro atoms. The van der Waals surface area contributed by atoms with Crippen LogP contribution in [-0.2, 0) is 6.42 Å². The minimum absolute atomic E-state index is 0.200. The van der Waals surface area contributed by atoms with Crippen molar-refractivity contribution in [2.75, 3.05) is 6.54 Å². The number of nitrogens with one attached hydrogen (secondary N) is 2. The number of carbonyl (C=O) groups is 2. The fraction of sp³-hybridized carbons (Fsp3) is 0.409. The first kappa shape index (κ1) is 21.3. The molecule has 154 valence electrons. The average Bonchev–Trinajstić information content (AvgIpc) is 3.03. The Bertz CT molecular complexity index is 947. The van der Waals surface area contributed by atoms with Crippen molar-refractivity contribution >= 4 is 33.5 Å². The zero-order chi connectivity index (χ0) is 21.0. The molecule has 7 heteroatoms. The topological polar surface area (TPSA) is 83.7 Å². The summed E-state index contributed by atoms with van der Waals surface area (Å²) in [6, 6.07) is 7.19. The largest absolute Gasteiger partial charge is 0.455 e. The Morgan fingerprint density at radius 1 is 1.21 bits per heavy atom. The number of amides is 2. The second-order valence-corrected chi connectivity index (χ2v) is 8.48. The molecule has 2 aromatic rings. The maximum atomic E-state index is 12.5. The van der Waals surface area contributed by atoms with Crippen LogP contribution >= 0.6 is 15.9 Å². The van der Waals surface area contributed by atoms with Crippen LogP contribution in [0.5, 0.6) is 0 Å². The summed E-state index contributed by atoms with van der Waals surface area (Å²) in [6.07, 6.45) is 3.25. The van der Waals surface area contributed by atoms with Crippen LogP contribution in [0, 0.1) is 12.8 Å². The molecule has 1 aromatic carbocycles. The van der Waals surface area contributed by atoms with E-state index >= 15 is 0 Å². The molecule has 0 aliphatic heterocycles. The number of hydrogen-bond acceptors (Lipinski definition) is 4. The van der Waals surface area contributed by atoms with Crippen LogP contribution in [0.3, 0.4) is 0 Å². The number of rotatable bonds is 6. The molecule has 1 aliphatic rings. The van der Waals surface area contributed by atoms with Gasteiger partial charge in [0.15, 0.2) is 5.76 Å². The Labute approximate surface area is 179 Å². The normalized spacial score (nSPS) is 14.7. The van der Waals surface area contributed by atoms with Gasteiger partial charge in [0.25, 0.3) is 11.8 Å². The quantitative estimate of drug-likeness (QED) is 0.619. The zero-order valence-corrected chi connectivity index (χ0v) is 18.6. The number of fused-ring (bicyclic) bond motifs is 1. The van der Waals surface area contributed by atoms with Crippen LogP contribution < -0.4 is 10.7 Å². The Morgan fingerprint density at radius 2 is 1.97 bits per heavy atom. The van der Waals surface area contributed by atoms with Gasteiger partial charge in [-0.3, -0.25) is 9.59 Å². The lowest BCUT2D eigenvalue weighted by atomic mass is 9.93. The third-order valence-corrected chi connectivity index (χ3v) is 5.64. The SMILES string of the molecule is Cc1c(C(=O)NCCC(C)C)oc2c1/C(=N/NC(=O)c1ccccc1Br)CCC2. The Hall–Kier alpha value is -2.41. The highest BCUT2D eigenvalue weighted by Crippen LogP contribution is 2.30. The second kappa shape index (κ2) is 9.39. The first-order valence-corrected chi connectivity index (χ1v) is 10.7. The van der Waals surface area contributed by atoms with Crippen LogP contribution in [0.1, 0.15) is 70.9 Å². The van der Waals surface area contributed by atoms with E-state index in [0.717, 1.165) is 48.3 Å². The van der Waals surface area contributed by atoms with Gasteiger partial charge < -0.3 is 9.73 Å².